The van der Waals surface area contributed by atoms with Crippen LogP contribution in [0.4, 0.5) is 0 Å². The molecule has 0 aliphatic heterocycles. The van der Waals surface area contributed by atoms with E-state index in [1.807, 2.05) is 78.9 Å². The number of benzene rings is 3. The molecule has 6 heteroatoms. The number of nitrogens with one attached hydrogen (secondary N) is 1. The number of methoxy groups -OCH3 is 1. The van der Waals surface area contributed by atoms with Crippen molar-refractivity contribution in [1.82, 2.24) is 10.2 Å². The third-order valence-corrected chi connectivity index (χ3v) is 6.52. The molecule has 5 nitrogen and oxygen atoms in total. The van der Waals surface area contributed by atoms with Crippen molar-refractivity contribution in [2.24, 2.45) is 0 Å². The molecule has 0 heterocycles. The fourth-order valence-electron chi connectivity index (χ4n) is 4.11. The number of nitrogens with zero attached hydrogens (tertiary/aromatic N) is 1. The molecule has 2 amide bonds. The molecule has 1 atom stereocenters. The van der Waals surface area contributed by atoms with Crippen LogP contribution in [-0.4, -0.2) is 36.4 Å². The molecule has 190 valence electrons. The average molecular weight is 507 g/mol. The second-order valence-electron chi connectivity index (χ2n) is 8.81. The number of halogens is 1. The second-order valence-corrected chi connectivity index (χ2v) is 9.22. The number of amides is 2. The Morgan fingerprint density at radius 3 is 2.42 bits per heavy atom. The first-order chi connectivity index (χ1) is 17.5. The Bertz CT molecular complexity index is 1120. The minimum atomic E-state index is -0.644. The summed E-state index contributed by atoms with van der Waals surface area (Å²) < 4.78 is 5.39. The molecule has 0 aliphatic carbocycles. The highest BCUT2D eigenvalue weighted by Gasteiger charge is 2.30. The van der Waals surface area contributed by atoms with Crippen molar-refractivity contribution in [2.75, 3.05) is 13.7 Å². The molecule has 3 aromatic rings. The summed E-state index contributed by atoms with van der Waals surface area (Å²) in [6, 6.07) is 24.4. The van der Waals surface area contributed by atoms with E-state index >= 15 is 0 Å². The van der Waals surface area contributed by atoms with Gasteiger partial charge in [0.15, 0.2) is 0 Å². The zero-order chi connectivity index (χ0) is 25.8. The molecular weight excluding hydrogens is 472 g/mol. The molecule has 0 spiro atoms. The summed E-state index contributed by atoms with van der Waals surface area (Å²) in [6.07, 6.45) is 3.05. The van der Waals surface area contributed by atoms with Crippen molar-refractivity contribution in [3.63, 3.8) is 0 Å². The van der Waals surface area contributed by atoms with E-state index in [9.17, 15) is 9.59 Å². The second kappa shape index (κ2) is 14.3. The van der Waals surface area contributed by atoms with Crippen LogP contribution in [0.2, 0.25) is 5.02 Å². The summed E-state index contributed by atoms with van der Waals surface area (Å²) in [5.41, 5.74) is 2.82. The number of hydrogen-bond donors (Lipinski definition) is 1. The first-order valence-corrected chi connectivity index (χ1v) is 12.9. The minimum absolute atomic E-state index is 0.0932. The van der Waals surface area contributed by atoms with E-state index in [1.165, 1.54) is 0 Å². The van der Waals surface area contributed by atoms with Crippen LogP contribution in [0.1, 0.15) is 42.9 Å². The molecule has 0 radical (unpaired) electrons. The predicted octanol–water partition coefficient (Wildman–Crippen LogP) is 5.84. The summed E-state index contributed by atoms with van der Waals surface area (Å²) in [5, 5.41) is 3.69. The van der Waals surface area contributed by atoms with Gasteiger partial charge in [-0.15, -0.1) is 0 Å². The van der Waals surface area contributed by atoms with Gasteiger partial charge in [0.1, 0.15) is 11.8 Å². The van der Waals surface area contributed by atoms with Crippen LogP contribution in [0.3, 0.4) is 0 Å². The SMILES string of the molecule is CCCCNC(=O)[C@H](Cc1ccccc1)N(Cc1cccc(OC)c1)C(=O)CCc1ccccc1Cl. The maximum absolute atomic E-state index is 13.7. The molecule has 0 saturated heterocycles. The molecular formula is C30H35ClN2O3. The van der Waals surface area contributed by atoms with E-state index in [0.29, 0.717) is 36.7 Å². The summed E-state index contributed by atoms with van der Waals surface area (Å²) >= 11 is 6.34. The summed E-state index contributed by atoms with van der Waals surface area (Å²) in [6.45, 7) is 2.97. The third kappa shape index (κ3) is 8.13. The normalized spacial score (nSPS) is 11.5. The minimum Gasteiger partial charge on any atom is -0.497 e. The lowest BCUT2D eigenvalue weighted by atomic mass is 10.0. The number of rotatable bonds is 13. The largest absolute Gasteiger partial charge is 0.497 e. The van der Waals surface area contributed by atoms with Crippen molar-refractivity contribution >= 4 is 23.4 Å². The Labute approximate surface area is 219 Å². The molecule has 36 heavy (non-hydrogen) atoms. The van der Waals surface area contributed by atoms with Gasteiger partial charge in [0.2, 0.25) is 11.8 Å². The molecule has 3 rings (SSSR count). The zero-order valence-electron chi connectivity index (χ0n) is 21.1. The topological polar surface area (TPSA) is 58.6 Å². The van der Waals surface area contributed by atoms with Gasteiger partial charge in [-0.3, -0.25) is 9.59 Å². The van der Waals surface area contributed by atoms with Gasteiger partial charge in [0.25, 0.3) is 0 Å². The molecule has 0 aromatic heterocycles. The van der Waals surface area contributed by atoms with Gasteiger partial charge in [-0.2, -0.15) is 0 Å². The van der Waals surface area contributed by atoms with E-state index < -0.39 is 6.04 Å². The molecule has 0 unspecified atom stereocenters. The Morgan fingerprint density at radius 1 is 0.972 bits per heavy atom. The maximum Gasteiger partial charge on any atom is 0.243 e. The van der Waals surface area contributed by atoms with Gasteiger partial charge in [0.05, 0.1) is 7.11 Å². The highest BCUT2D eigenvalue weighted by atomic mass is 35.5. The van der Waals surface area contributed by atoms with Crippen molar-refractivity contribution in [3.05, 3.63) is 101 Å². The Hall–Kier alpha value is -3.31. The monoisotopic (exact) mass is 506 g/mol. The number of carbonyl (C=O) groups excluding carboxylic acids is 2. The van der Waals surface area contributed by atoms with Gasteiger partial charge < -0.3 is 15.0 Å². The van der Waals surface area contributed by atoms with Crippen LogP contribution in [0.5, 0.6) is 5.75 Å². The van der Waals surface area contributed by atoms with Gasteiger partial charge in [0, 0.05) is 31.0 Å². The Morgan fingerprint density at radius 2 is 1.69 bits per heavy atom. The molecule has 0 fully saturated rings. The summed E-state index contributed by atoms with van der Waals surface area (Å²) in [7, 11) is 1.62. The van der Waals surface area contributed by atoms with Gasteiger partial charge in [-0.25, -0.2) is 0 Å². The van der Waals surface area contributed by atoms with E-state index in [2.05, 4.69) is 12.2 Å². The van der Waals surface area contributed by atoms with Crippen LogP contribution < -0.4 is 10.1 Å². The van der Waals surface area contributed by atoms with Crippen LogP contribution in [-0.2, 0) is 29.0 Å². The van der Waals surface area contributed by atoms with E-state index in [1.54, 1.807) is 12.0 Å². The van der Waals surface area contributed by atoms with Gasteiger partial charge in [-0.05, 0) is 47.7 Å². The highest BCUT2D eigenvalue weighted by Crippen LogP contribution is 2.21. The predicted molar refractivity (Wildman–Crippen MR) is 145 cm³/mol. The van der Waals surface area contributed by atoms with Crippen molar-refractivity contribution in [2.45, 2.75) is 51.6 Å². The number of hydrogen-bond acceptors (Lipinski definition) is 3. The van der Waals surface area contributed by atoms with Gasteiger partial charge in [-0.1, -0.05) is 85.6 Å². The molecule has 0 bridgehead atoms. The van der Waals surface area contributed by atoms with Crippen molar-refractivity contribution in [3.8, 4) is 5.75 Å². The standard InChI is InChI=1S/C30H35ClN2O3/c1-3-4-19-32-30(35)28(21-23-11-6-5-7-12-23)33(22-24-13-10-15-26(20-24)36-2)29(34)18-17-25-14-8-9-16-27(25)31/h5-16,20,28H,3-4,17-19,21-22H2,1-2H3,(H,32,35)/t28-/m0/s1. The lowest BCUT2D eigenvalue weighted by Crippen LogP contribution is -2.50. The molecule has 3 aromatic carbocycles. The lowest BCUT2D eigenvalue weighted by Gasteiger charge is -2.32. The van der Waals surface area contributed by atoms with E-state index in [-0.39, 0.29) is 18.2 Å². The fraction of sp³-hybridized carbons (Fsp3) is 0.333. The third-order valence-electron chi connectivity index (χ3n) is 6.15. The number of unbranched alkanes of at least 4 members (excludes halogenated alkanes) is 1. The fourth-order valence-corrected chi connectivity index (χ4v) is 4.34. The lowest BCUT2D eigenvalue weighted by molar-refractivity contribution is -0.141. The first kappa shape index (κ1) is 27.3. The number of aryl methyl sites for hydroxylation is 1. The maximum atomic E-state index is 13.7. The Kier molecular flexibility index (Phi) is 10.8. The van der Waals surface area contributed by atoms with Crippen LogP contribution in [0.15, 0.2) is 78.9 Å². The van der Waals surface area contributed by atoms with E-state index in [0.717, 1.165) is 29.5 Å². The Balaban J connectivity index is 1.91. The quantitative estimate of drug-likeness (QED) is 0.296. The first-order valence-electron chi connectivity index (χ1n) is 12.5. The number of carbonyl (C=O) groups is 2. The number of ether oxygens (including phenoxy) is 1. The van der Waals surface area contributed by atoms with Crippen LogP contribution >= 0.6 is 11.6 Å². The summed E-state index contributed by atoms with van der Waals surface area (Å²) in [4.78, 5) is 28.9. The smallest absolute Gasteiger partial charge is 0.243 e. The molecule has 0 saturated carbocycles. The van der Waals surface area contributed by atoms with Crippen LogP contribution in [0, 0.1) is 0 Å². The molecule has 1 N–H and O–H groups in total. The van der Waals surface area contributed by atoms with Gasteiger partial charge >= 0.3 is 0 Å². The van der Waals surface area contributed by atoms with Crippen molar-refractivity contribution in [1.29, 1.82) is 0 Å². The molecule has 0 aliphatic rings. The van der Waals surface area contributed by atoms with Crippen LogP contribution in [0.25, 0.3) is 0 Å². The van der Waals surface area contributed by atoms with Crippen molar-refractivity contribution < 1.29 is 14.3 Å². The highest BCUT2D eigenvalue weighted by molar-refractivity contribution is 6.31. The average Bonchev–Trinajstić information content (AvgIpc) is 2.90. The van der Waals surface area contributed by atoms with E-state index in [4.69, 9.17) is 16.3 Å². The zero-order valence-corrected chi connectivity index (χ0v) is 21.8. The summed E-state index contributed by atoms with van der Waals surface area (Å²) in [5.74, 6) is 0.480.